The summed E-state index contributed by atoms with van der Waals surface area (Å²) in [4.78, 5) is 0.212. The van der Waals surface area contributed by atoms with Crippen LogP contribution in [0.25, 0.3) is 0 Å². The summed E-state index contributed by atoms with van der Waals surface area (Å²) in [6, 6.07) is 8.80. The second-order valence-corrected chi connectivity index (χ2v) is 7.34. The van der Waals surface area contributed by atoms with Gasteiger partial charge in [-0.2, -0.15) is 5.10 Å². The number of nitrogens with zero attached hydrogens (tertiary/aromatic N) is 3. The third kappa shape index (κ3) is 3.40. The van der Waals surface area contributed by atoms with Gasteiger partial charge in [0.05, 0.1) is 29.7 Å². The molecule has 23 heavy (non-hydrogen) atoms. The molecule has 0 unspecified atom stereocenters. The summed E-state index contributed by atoms with van der Waals surface area (Å²) in [7, 11) is -3.81. The molecule has 6 nitrogen and oxygen atoms in total. The minimum Gasteiger partial charge on any atom is -0.392 e. The Labute approximate surface area is 137 Å². The second kappa shape index (κ2) is 6.72. The third-order valence-electron chi connectivity index (χ3n) is 3.64. The standard InChI is InChI=1S/C16H23N3O3S/c1-5-18-14(4)16(13(3)17-18)23(21,22)19(11-12(2)20)15-9-7-6-8-10-15/h6-10,12,20H,5,11H2,1-4H3/t12-/m0/s1. The largest absolute Gasteiger partial charge is 0.392 e. The maximum Gasteiger partial charge on any atom is 0.268 e. The van der Waals surface area contributed by atoms with E-state index in [0.29, 0.717) is 23.6 Å². The predicted octanol–water partition coefficient (Wildman–Crippen LogP) is 2.10. The summed E-state index contributed by atoms with van der Waals surface area (Å²) in [6.45, 7) is 7.52. The molecule has 0 saturated carbocycles. The van der Waals surface area contributed by atoms with Crippen molar-refractivity contribution in [1.29, 1.82) is 0 Å². The van der Waals surface area contributed by atoms with Gasteiger partial charge in [-0.05, 0) is 39.8 Å². The molecule has 0 fully saturated rings. The van der Waals surface area contributed by atoms with Crippen molar-refractivity contribution >= 4 is 15.7 Å². The number of hydrogen-bond acceptors (Lipinski definition) is 4. The lowest BCUT2D eigenvalue weighted by Gasteiger charge is -2.25. The molecule has 0 radical (unpaired) electrons. The number of aromatic nitrogens is 2. The zero-order chi connectivity index (χ0) is 17.2. The Kier molecular flexibility index (Phi) is 5.11. The van der Waals surface area contributed by atoms with Gasteiger partial charge in [-0.15, -0.1) is 0 Å². The lowest BCUT2D eigenvalue weighted by molar-refractivity contribution is 0.204. The van der Waals surface area contributed by atoms with Crippen LogP contribution in [0.3, 0.4) is 0 Å². The molecule has 1 atom stereocenters. The van der Waals surface area contributed by atoms with Gasteiger partial charge in [0, 0.05) is 6.54 Å². The number of rotatable bonds is 6. The zero-order valence-electron chi connectivity index (χ0n) is 13.9. The van der Waals surface area contributed by atoms with Crippen LogP contribution in [0, 0.1) is 13.8 Å². The molecule has 1 heterocycles. The fraction of sp³-hybridized carbons (Fsp3) is 0.438. The van der Waals surface area contributed by atoms with Gasteiger partial charge in [-0.1, -0.05) is 18.2 Å². The van der Waals surface area contributed by atoms with E-state index in [1.807, 2.05) is 13.0 Å². The van der Waals surface area contributed by atoms with Gasteiger partial charge in [0.2, 0.25) is 0 Å². The van der Waals surface area contributed by atoms with Gasteiger partial charge in [-0.25, -0.2) is 8.42 Å². The van der Waals surface area contributed by atoms with E-state index in [9.17, 15) is 13.5 Å². The smallest absolute Gasteiger partial charge is 0.268 e. The summed E-state index contributed by atoms with van der Waals surface area (Å²) in [5.74, 6) is 0. The van der Waals surface area contributed by atoms with Crippen molar-refractivity contribution in [3.8, 4) is 0 Å². The van der Waals surface area contributed by atoms with Crippen LogP contribution >= 0.6 is 0 Å². The van der Waals surface area contributed by atoms with Crippen molar-refractivity contribution in [2.24, 2.45) is 0 Å². The van der Waals surface area contributed by atoms with Crippen LogP contribution in [0.15, 0.2) is 35.2 Å². The van der Waals surface area contributed by atoms with Crippen molar-refractivity contribution in [2.75, 3.05) is 10.8 Å². The Morgan fingerprint density at radius 3 is 2.35 bits per heavy atom. The topological polar surface area (TPSA) is 75.4 Å². The Morgan fingerprint density at radius 1 is 1.26 bits per heavy atom. The van der Waals surface area contributed by atoms with Gasteiger partial charge < -0.3 is 5.11 Å². The van der Waals surface area contributed by atoms with Crippen molar-refractivity contribution in [3.05, 3.63) is 41.7 Å². The molecule has 0 aliphatic rings. The molecule has 0 amide bonds. The van der Waals surface area contributed by atoms with Crippen molar-refractivity contribution in [3.63, 3.8) is 0 Å². The van der Waals surface area contributed by atoms with Crippen LogP contribution < -0.4 is 4.31 Å². The number of aliphatic hydroxyl groups excluding tert-OH is 1. The monoisotopic (exact) mass is 337 g/mol. The van der Waals surface area contributed by atoms with Crippen molar-refractivity contribution in [2.45, 2.75) is 45.2 Å². The van der Waals surface area contributed by atoms with E-state index in [-0.39, 0.29) is 11.4 Å². The molecule has 0 spiro atoms. The molecule has 2 aromatic rings. The number of sulfonamides is 1. The molecule has 2 rings (SSSR count). The average Bonchev–Trinajstić information content (AvgIpc) is 2.80. The highest BCUT2D eigenvalue weighted by Crippen LogP contribution is 2.28. The molecular weight excluding hydrogens is 314 g/mol. The quantitative estimate of drug-likeness (QED) is 0.876. The number of aliphatic hydroxyl groups is 1. The molecule has 126 valence electrons. The summed E-state index contributed by atoms with van der Waals surface area (Å²) in [6.07, 6.45) is -0.785. The van der Waals surface area contributed by atoms with E-state index in [1.54, 1.807) is 49.7 Å². The van der Waals surface area contributed by atoms with Gasteiger partial charge in [0.1, 0.15) is 4.90 Å². The lowest BCUT2D eigenvalue weighted by Crippen LogP contribution is -2.37. The maximum absolute atomic E-state index is 13.2. The number of hydrogen-bond donors (Lipinski definition) is 1. The van der Waals surface area contributed by atoms with E-state index in [4.69, 9.17) is 0 Å². The molecule has 7 heteroatoms. The molecule has 0 bridgehead atoms. The van der Waals surface area contributed by atoms with E-state index in [1.165, 1.54) is 4.31 Å². The Balaban J connectivity index is 2.60. The third-order valence-corrected chi connectivity index (χ3v) is 5.68. The Bertz CT molecular complexity index is 767. The molecule has 0 saturated heterocycles. The average molecular weight is 337 g/mol. The lowest BCUT2D eigenvalue weighted by atomic mass is 10.3. The van der Waals surface area contributed by atoms with Crippen LogP contribution in [-0.4, -0.2) is 36.0 Å². The molecule has 0 aliphatic carbocycles. The molecule has 1 aromatic carbocycles. The summed E-state index contributed by atoms with van der Waals surface area (Å²) in [5, 5.41) is 14.1. The van der Waals surface area contributed by atoms with Crippen LogP contribution in [-0.2, 0) is 16.6 Å². The fourth-order valence-corrected chi connectivity index (χ4v) is 4.57. The first-order valence-corrected chi connectivity index (χ1v) is 9.02. The predicted molar refractivity (Wildman–Crippen MR) is 90.0 cm³/mol. The SMILES string of the molecule is CCn1nc(C)c(S(=O)(=O)N(C[C@H](C)O)c2ccccc2)c1C. The summed E-state index contributed by atoms with van der Waals surface area (Å²) in [5.41, 5.74) is 1.60. The van der Waals surface area contributed by atoms with Gasteiger partial charge in [-0.3, -0.25) is 8.99 Å². The molecule has 1 aromatic heterocycles. The first kappa shape index (κ1) is 17.5. The number of aryl methyl sites for hydroxylation is 2. The van der Waals surface area contributed by atoms with E-state index >= 15 is 0 Å². The first-order valence-electron chi connectivity index (χ1n) is 7.58. The minimum atomic E-state index is -3.81. The normalized spacial score (nSPS) is 13.1. The Hall–Kier alpha value is -1.86. The highest BCUT2D eigenvalue weighted by molar-refractivity contribution is 7.93. The van der Waals surface area contributed by atoms with E-state index in [0.717, 1.165) is 0 Å². The molecular formula is C16H23N3O3S. The van der Waals surface area contributed by atoms with Gasteiger partial charge in [0.15, 0.2) is 0 Å². The summed E-state index contributed by atoms with van der Waals surface area (Å²) >= 11 is 0. The maximum atomic E-state index is 13.2. The highest BCUT2D eigenvalue weighted by Gasteiger charge is 2.31. The van der Waals surface area contributed by atoms with Gasteiger partial charge in [0.25, 0.3) is 10.0 Å². The van der Waals surface area contributed by atoms with Crippen molar-refractivity contribution < 1.29 is 13.5 Å². The van der Waals surface area contributed by atoms with Crippen molar-refractivity contribution in [1.82, 2.24) is 9.78 Å². The number of para-hydroxylation sites is 1. The van der Waals surface area contributed by atoms with E-state index < -0.39 is 16.1 Å². The van der Waals surface area contributed by atoms with E-state index in [2.05, 4.69) is 5.10 Å². The van der Waals surface area contributed by atoms with Crippen LogP contribution in [0.1, 0.15) is 25.2 Å². The first-order chi connectivity index (χ1) is 10.8. The Morgan fingerprint density at radius 2 is 1.87 bits per heavy atom. The van der Waals surface area contributed by atoms with Crippen LogP contribution in [0.4, 0.5) is 5.69 Å². The zero-order valence-corrected chi connectivity index (χ0v) is 14.7. The molecule has 1 N–H and O–H groups in total. The fourth-order valence-electron chi connectivity index (χ4n) is 2.65. The minimum absolute atomic E-state index is 0.0114. The second-order valence-electron chi connectivity index (χ2n) is 5.54. The number of benzene rings is 1. The van der Waals surface area contributed by atoms with Crippen LogP contribution in [0.5, 0.6) is 0 Å². The van der Waals surface area contributed by atoms with Gasteiger partial charge >= 0.3 is 0 Å². The number of anilines is 1. The van der Waals surface area contributed by atoms with Crippen LogP contribution in [0.2, 0.25) is 0 Å². The summed E-state index contributed by atoms with van der Waals surface area (Å²) < 4.78 is 29.3. The highest BCUT2D eigenvalue weighted by atomic mass is 32.2. The molecule has 0 aliphatic heterocycles.